The van der Waals surface area contributed by atoms with Gasteiger partial charge in [0, 0.05) is 6.42 Å². The average Bonchev–Trinajstić information content (AvgIpc) is 2.62. The van der Waals surface area contributed by atoms with Gasteiger partial charge in [0.2, 0.25) is 0 Å². The quantitative estimate of drug-likeness (QED) is 0.795. The third-order valence-electron chi connectivity index (χ3n) is 5.04. The minimum Gasteiger partial charge on any atom is -0.454 e. The van der Waals surface area contributed by atoms with E-state index in [9.17, 15) is 9.59 Å². The van der Waals surface area contributed by atoms with Crippen LogP contribution in [0.2, 0.25) is 0 Å². The Morgan fingerprint density at radius 2 is 2.04 bits per heavy atom. The second-order valence-corrected chi connectivity index (χ2v) is 7.00. The topological polar surface area (TPSA) is 72.0 Å². The molecule has 1 aliphatic carbocycles. The predicted octanol–water partition coefficient (Wildman–Crippen LogP) is 4.28. The lowest BCUT2D eigenvalue weighted by Gasteiger charge is -2.21. The minimum absolute atomic E-state index is 0.208. The smallest absolute Gasteiger partial charge is 0.306 e. The second kappa shape index (κ2) is 8.28. The van der Waals surface area contributed by atoms with Crippen LogP contribution < -0.4 is 5.56 Å². The Balaban J connectivity index is 1.53. The molecule has 0 saturated heterocycles. The number of aromatic nitrogens is 2. The first-order valence-corrected chi connectivity index (χ1v) is 9.32. The lowest BCUT2D eigenvalue weighted by atomic mass is 9.86. The van der Waals surface area contributed by atoms with E-state index >= 15 is 0 Å². The summed E-state index contributed by atoms with van der Waals surface area (Å²) >= 11 is 0. The minimum atomic E-state index is -0.556. The first kappa shape index (κ1) is 17.6. The van der Waals surface area contributed by atoms with Crippen LogP contribution in [0.5, 0.6) is 0 Å². The van der Waals surface area contributed by atoms with E-state index in [1.165, 1.54) is 32.1 Å². The molecule has 134 valence electrons. The fourth-order valence-corrected chi connectivity index (χ4v) is 3.62. The second-order valence-electron chi connectivity index (χ2n) is 7.00. The third-order valence-corrected chi connectivity index (χ3v) is 5.04. The van der Waals surface area contributed by atoms with Crippen LogP contribution >= 0.6 is 0 Å². The number of rotatable bonds is 6. The van der Waals surface area contributed by atoms with Crippen molar-refractivity contribution in [1.82, 2.24) is 9.97 Å². The molecule has 0 radical (unpaired) electrons. The van der Waals surface area contributed by atoms with Crippen molar-refractivity contribution in [3.05, 3.63) is 40.4 Å². The molecule has 0 amide bonds. The molecule has 1 N–H and O–H groups in total. The molecule has 3 rings (SSSR count). The van der Waals surface area contributed by atoms with Gasteiger partial charge >= 0.3 is 5.97 Å². The molecule has 1 atom stereocenters. The number of aromatic amines is 1. The molecular weight excluding hydrogens is 316 g/mol. The first-order valence-electron chi connectivity index (χ1n) is 9.32. The van der Waals surface area contributed by atoms with E-state index in [0.29, 0.717) is 23.1 Å². The van der Waals surface area contributed by atoms with Crippen molar-refractivity contribution in [3.63, 3.8) is 0 Å². The zero-order valence-corrected chi connectivity index (χ0v) is 14.8. The molecule has 0 aliphatic heterocycles. The fourth-order valence-electron chi connectivity index (χ4n) is 3.62. The molecule has 5 heteroatoms. The highest BCUT2D eigenvalue weighted by atomic mass is 16.5. The highest BCUT2D eigenvalue weighted by molar-refractivity contribution is 5.77. The van der Waals surface area contributed by atoms with E-state index in [-0.39, 0.29) is 11.5 Å². The number of nitrogens with one attached hydrogen (secondary N) is 1. The largest absolute Gasteiger partial charge is 0.454 e. The predicted molar refractivity (Wildman–Crippen MR) is 97.3 cm³/mol. The van der Waals surface area contributed by atoms with Crippen molar-refractivity contribution in [3.8, 4) is 0 Å². The van der Waals surface area contributed by atoms with E-state index in [0.717, 1.165) is 18.8 Å². The van der Waals surface area contributed by atoms with Gasteiger partial charge in [0.1, 0.15) is 0 Å². The number of esters is 1. The molecule has 1 heterocycles. The number of carbonyl (C=O) groups is 1. The fraction of sp³-hybridized carbons (Fsp3) is 0.550. The normalized spacial score (nSPS) is 16.7. The molecule has 1 aliphatic rings. The molecule has 2 aromatic rings. The Bertz CT molecular complexity index is 778. The highest BCUT2D eigenvalue weighted by Gasteiger charge is 2.17. The van der Waals surface area contributed by atoms with E-state index < -0.39 is 6.10 Å². The molecular formula is C20H26N2O3. The summed E-state index contributed by atoms with van der Waals surface area (Å²) in [5.41, 5.74) is 0.405. The van der Waals surface area contributed by atoms with Gasteiger partial charge in [0.15, 0.2) is 11.9 Å². The van der Waals surface area contributed by atoms with Crippen LogP contribution in [0.25, 0.3) is 10.9 Å². The summed E-state index contributed by atoms with van der Waals surface area (Å²) < 4.78 is 5.46. The Labute approximate surface area is 147 Å². The van der Waals surface area contributed by atoms with Gasteiger partial charge in [-0.15, -0.1) is 0 Å². The SMILES string of the molecule is C[C@H](OC(=O)CCCC1CCCCC1)c1nc2ccccc2c(=O)[nH]1. The van der Waals surface area contributed by atoms with Crippen LogP contribution in [0.1, 0.15) is 70.2 Å². The Morgan fingerprint density at radius 1 is 1.28 bits per heavy atom. The maximum absolute atomic E-state index is 12.1. The molecule has 1 aromatic heterocycles. The maximum Gasteiger partial charge on any atom is 0.306 e. The van der Waals surface area contributed by atoms with Gasteiger partial charge in [-0.1, -0.05) is 44.2 Å². The van der Waals surface area contributed by atoms with E-state index in [1.807, 2.05) is 6.07 Å². The summed E-state index contributed by atoms with van der Waals surface area (Å²) in [6, 6.07) is 7.15. The highest BCUT2D eigenvalue weighted by Crippen LogP contribution is 2.28. The van der Waals surface area contributed by atoms with Crippen molar-refractivity contribution < 1.29 is 9.53 Å². The van der Waals surface area contributed by atoms with E-state index in [1.54, 1.807) is 25.1 Å². The van der Waals surface area contributed by atoms with Crippen LogP contribution in [-0.4, -0.2) is 15.9 Å². The van der Waals surface area contributed by atoms with Gasteiger partial charge in [-0.3, -0.25) is 9.59 Å². The number of H-pyrrole nitrogens is 1. The van der Waals surface area contributed by atoms with Crippen LogP contribution in [0.4, 0.5) is 0 Å². The summed E-state index contributed by atoms with van der Waals surface area (Å²) in [4.78, 5) is 31.3. The van der Waals surface area contributed by atoms with E-state index in [4.69, 9.17) is 4.74 Å². The summed E-state index contributed by atoms with van der Waals surface area (Å²) in [6.07, 6.45) is 8.46. The van der Waals surface area contributed by atoms with Crippen molar-refractivity contribution in [1.29, 1.82) is 0 Å². The monoisotopic (exact) mass is 342 g/mol. The maximum atomic E-state index is 12.1. The van der Waals surface area contributed by atoms with Gasteiger partial charge in [-0.2, -0.15) is 0 Å². The number of hydrogen-bond donors (Lipinski definition) is 1. The van der Waals surface area contributed by atoms with Crippen LogP contribution in [0.3, 0.4) is 0 Å². The molecule has 1 aromatic carbocycles. The lowest BCUT2D eigenvalue weighted by molar-refractivity contribution is -0.149. The number of fused-ring (bicyclic) bond motifs is 1. The third kappa shape index (κ3) is 4.68. The van der Waals surface area contributed by atoms with Crippen molar-refractivity contribution in [2.45, 2.75) is 64.4 Å². The average molecular weight is 342 g/mol. The van der Waals surface area contributed by atoms with Crippen molar-refractivity contribution >= 4 is 16.9 Å². The molecule has 5 nitrogen and oxygen atoms in total. The zero-order chi connectivity index (χ0) is 17.6. The Morgan fingerprint density at radius 3 is 2.84 bits per heavy atom. The summed E-state index contributed by atoms with van der Waals surface area (Å²) in [5.74, 6) is 0.945. The van der Waals surface area contributed by atoms with Crippen molar-refractivity contribution in [2.24, 2.45) is 5.92 Å². The molecule has 0 bridgehead atoms. The number of hydrogen-bond acceptors (Lipinski definition) is 4. The van der Waals surface area contributed by atoms with Gasteiger partial charge in [0.25, 0.3) is 5.56 Å². The van der Waals surface area contributed by atoms with Gasteiger partial charge < -0.3 is 9.72 Å². The van der Waals surface area contributed by atoms with Crippen LogP contribution in [0.15, 0.2) is 29.1 Å². The summed E-state index contributed by atoms with van der Waals surface area (Å²) in [5, 5.41) is 0.539. The number of benzene rings is 1. The van der Waals surface area contributed by atoms with E-state index in [2.05, 4.69) is 9.97 Å². The summed E-state index contributed by atoms with van der Waals surface area (Å²) in [7, 11) is 0. The standard InChI is InChI=1S/C20H26N2O3/c1-14(19-21-17-12-6-5-11-16(17)20(24)22-19)25-18(23)13-7-10-15-8-3-2-4-9-15/h5-6,11-12,14-15H,2-4,7-10,13H2,1H3,(H,21,22,24)/t14-/m0/s1. The molecule has 0 unspecified atom stereocenters. The van der Waals surface area contributed by atoms with Gasteiger partial charge in [-0.05, 0) is 37.8 Å². The van der Waals surface area contributed by atoms with Gasteiger partial charge in [-0.25, -0.2) is 4.98 Å². The van der Waals surface area contributed by atoms with Crippen LogP contribution in [0, 0.1) is 5.92 Å². The molecule has 25 heavy (non-hydrogen) atoms. The lowest BCUT2D eigenvalue weighted by Crippen LogP contribution is -2.17. The van der Waals surface area contributed by atoms with Crippen LogP contribution in [-0.2, 0) is 9.53 Å². The zero-order valence-electron chi connectivity index (χ0n) is 14.8. The Hall–Kier alpha value is -2.17. The number of nitrogens with zero attached hydrogens (tertiary/aromatic N) is 1. The molecule has 1 fully saturated rings. The Kier molecular flexibility index (Phi) is 5.84. The number of carbonyl (C=O) groups excluding carboxylic acids is 1. The molecule has 1 saturated carbocycles. The van der Waals surface area contributed by atoms with Crippen molar-refractivity contribution in [2.75, 3.05) is 0 Å². The number of ether oxygens (including phenoxy) is 1. The van der Waals surface area contributed by atoms with Gasteiger partial charge in [0.05, 0.1) is 10.9 Å². The summed E-state index contributed by atoms with van der Waals surface area (Å²) in [6.45, 7) is 1.74. The molecule has 0 spiro atoms. The first-order chi connectivity index (χ1) is 12.1. The number of para-hydroxylation sites is 1.